The zero-order valence-corrected chi connectivity index (χ0v) is 9.30. The van der Waals surface area contributed by atoms with Crippen molar-refractivity contribution >= 4 is 5.95 Å². The standard InChI is InChI=1S/C10H18N4O2/c11-7-8(15)9-12-10(13-16-9)14-5-3-1-2-4-6-14/h8,15H,1-7,11H2/t8-/m0/s1. The molecule has 1 aromatic rings. The Balaban J connectivity index is 2.05. The first kappa shape index (κ1) is 11.3. The molecule has 1 aliphatic rings. The van der Waals surface area contributed by atoms with Crippen molar-refractivity contribution in [2.75, 3.05) is 24.5 Å². The predicted octanol–water partition coefficient (Wildman–Crippen LogP) is 0.442. The van der Waals surface area contributed by atoms with Crippen LogP contribution in [0.1, 0.15) is 37.7 Å². The molecule has 0 bridgehead atoms. The molecule has 0 unspecified atom stereocenters. The number of nitrogens with zero attached hydrogens (tertiary/aromatic N) is 3. The van der Waals surface area contributed by atoms with E-state index in [1.54, 1.807) is 0 Å². The van der Waals surface area contributed by atoms with Crippen molar-refractivity contribution in [2.45, 2.75) is 31.8 Å². The van der Waals surface area contributed by atoms with Gasteiger partial charge in [0.2, 0.25) is 0 Å². The minimum absolute atomic E-state index is 0.0988. The van der Waals surface area contributed by atoms with Gasteiger partial charge in [-0.15, -0.1) is 0 Å². The summed E-state index contributed by atoms with van der Waals surface area (Å²) < 4.78 is 4.98. The Morgan fingerprint density at radius 3 is 2.62 bits per heavy atom. The highest BCUT2D eigenvalue weighted by molar-refractivity contribution is 5.27. The van der Waals surface area contributed by atoms with Gasteiger partial charge in [0, 0.05) is 19.6 Å². The van der Waals surface area contributed by atoms with Crippen LogP contribution in [0.25, 0.3) is 0 Å². The van der Waals surface area contributed by atoms with Gasteiger partial charge in [0.25, 0.3) is 11.8 Å². The summed E-state index contributed by atoms with van der Waals surface area (Å²) in [6.07, 6.45) is 3.97. The third kappa shape index (κ3) is 2.51. The number of aliphatic hydroxyl groups is 1. The maximum atomic E-state index is 9.46. The van der Waals surface area contributed by atoms with Crippen LogP contribution in [0.4, 0.5) is 5.95 Å². The molecule has 3 N–H and O–H groups in total. The van der Waals surface area contributed by atoms with Crippen LogP contribution in [0.5, 0.6) is 0 Å². The zero-order valence-electron chi connectivity index (χ0n) is 9.30. The van der Waals surface area contributed by atoms with E-state index in [-0.39, 0.29) is 12.4 Å². The second kappa shape index (κ2) is 5.27. The van der Waals surface area contributed by atoms with Crippen molar-refractivity contribution in [1.29, 1.82) is 0 Å². The molecule has 90 valence electrons. The first-order valence-corrected chi connectivity index (χ1v) is 5.78. The lowest BCUT2D eigenvalue weighted by Crippen LogP contribution is -2.25. The lowest BCUT2D eigenvalue weighted by atomic mass is 10.2. The second-order valence-electron chi connectivity index (χ2n) is 4.09. The third-order valence-electron chi connectivity index (χ3n) is 2.83. The quantitative estimate of drug-likeness (QED) is 0.777. The number of aromatic nitrogens is 2. The number of aliphatic hydroxyl groups excluding tert-OH is 1. The number of hydrogen-bond donors (Lipinski definition) is 2. The van der Waals surface area contributed by atoms with E-state index >= 15 is 0 Å². The van der Waals surface area contributed by atoms with Gasteiger partial charge in [0.15, 0.2) is 0 Å². The van der Waals surface area contributed by atoms with E-state index in [2.05, 4.69) is 15.0 Å². The molecule has 2 rings (SSSR count). The Morgan fingerprint density at radius 2 is 2.00 bits per heavy atom. The van der Waals surface area contributed by atoms with Crippen LogP contribution in [0, 0.1) is 0 Å². The van der Waals surface area contributed by atoms with Gasteiger partial charge in [-0.3, -0.25) is 0 Å². The summed E-state index contributed by atoms with van der Waals surface area (Å²) in [5.41, 5.74) is 5.33. The van der Waals surface area contributed by atoms with Crippen molar-refractivity contribution in [3.05, 3.63) is 5.89 Å². The molecule has 6 nitrogen and oxygen atoms in total. The molecule has 0 saturated carbocycles. The van der Waals surface area contributed by atoms with Crippen LogP contribution in [0.2, 0.25) is 0 Å². The van der Waals surface area contributed by atoms with Crippen molar-refractivity contribution in [1.82, 2.24) is 10.1 Å². The largest absolute Gasteiger partial charge is 0.382 e. The monoisotopic (exact) mass is 226 g/mol. The molecule has 16 heavy (non-hydrogen) atoms. The summed E-state index contributed by atoms with van der Waals surface area (Å²) in [6.45, 7) is 2.01. The fourth-order valence-corrected chi connectivity index (χ4v) is 1.86. The van der Waals surface area contributed by atoms with E-state index in [1.165, 1.54) is 12.8 Å². The molecular weight excluding hydrogens is 208 g/mol. The lowest BCUT2D eigenvalue weighted by molar-refractivity contribution is 0.141. The van der Waals surface area contributed by atoms with Gasteiger partial charge in [0.1, 0.15) is 6.10 Å². The average Bonchev–Trinajstić information content (AvgIpc) is 2.64. The SMILES string of the molecule is NC[C@H](O)c1nc(N2CCCCCC2)no1. The van der Waals surface area contributed by atoms with Crippen LogP contribution in [0.3, 0.4) is 0 Å². The van der Waals surface area contributed by atoms with E-state index in [9.17, 15) is 5.11 Å². The van der Waals surface area contributed by atoms with Gasteiger partial charge < -0.3 is 20.3 Å². The highest BCUT2D eigenvalue weighted by atomic mass is 16.5. The Hall–Kier alpha value is -1.14. The van der Waals surface area contributed by atoms with Gasteiger partial charge in [-0.2, -0.15) is 4.98 Å². The summed E-state index contributed by atoms with van der Waals surface area (Å²) in [5.74, 6) is 0.783. The van der Waals surface area contributed by atoms with Gasteiger partial charge in [0.05, 0.1) is 0 Å². The minimum Gasteiger partial charge on any atom is -0.382 e. The fraction of sp³-hybridized carbons (Fsp3) is 0.800. The van der Waals surface area contributed by atoms with Crippen LogP contribution in [0.15, 0.2) is 4.52 Å². The average molecular weight is 226 g/mol. The molecule has 0 aliphatic carbocycles. The normalized spacial score (nSPS) is 19.5. The summed E-state index contributed by atoms with van der Waals surface area (Å²) in [4.78, 5) is 6.26. The second-order valence-corrected chi connectivity index (χ2v) is 4.09. The molecule has 0 radical (unpaired) electrons. The van der Waals surface area contributed by atoms with Gasteiger partial charge >= 0.3 is 0 Å². The molecule has 1 aromatic heterocycles. The summed E-state index contributed by atoms with van der Waals surface area (Å²) in [6, 6.07) is 0. The molecule has 2 heterocycles. The van der Waals surface area contributed by atoms with E-state index < -0.39 is 6.10 Å². The first-order chi connectivity index (χ1) is 7.81. The summed E-state index contributed by atoms with van der Waals surface area (Å²) >= 11 is 0. The van der Waals surface area contributed by atoms with Gasteiger partial charge in [-0.1, -0.05) is 12.8 Å². The number of anilines is 1. The molecule has 0 spiro atoms. The van der Waals surface area contributed by atoms with Gasteiger partial charge in [-0.05, 0) is 18.0 Å². The Bertz CT molecular complexity index is 320. The van der Waals surface area contributed by atoms with Gasteiger partial charge in [-0.25, -0.2) is 0 Å². The number of rotatable bonds is 3. The van der Waals surface area contributed by atoms with E-state index in [0.29, 0.717) is 5.95 Å². The fourth-order valence-electron chi connectivity index (χ4n) is 1.86. The Morgan fingerprint density at radius 1 is 1.31 bits per heavy atom. The molecule has 0 aromatic carbocycles. The third-order valence-corrected chi connectivity index (χ3v) is 2.83. The molecular formula is C10H18N4O2. The molecule has 1 fully saturated rings. The maximum absolute atomic E-state index is 9.46. The molecule has 1 aliphatic heterocycles. The Kier molecular flexibility index (Phi) is 3.74. The highest BCUT2D eigenvalue weighted by Gasteiger charge is 2.19. The molecule has 0 amide bonds. The number of hydrogen-bond acceptors (Lipinski definition) is 6. The minimum atomic E-state index is -0.853. The lowest BCUT2D eigenvalue weighted by Gasteiger charge is -2.16. The van der Waals surface area contributed by atoms with E-state index in [4.69, 9.17) is 10.3 Å². The molecule has 1 atom stereocenters. The van der Waals surface area contributed by atoms with Crippen LogP contribution in [-0.4, -0.2) is 34.9 Å². The smallest absolute Gasteiger partial charge is 0.266 e. The van der Waals surface area contributed by atoms with E-state index in [1.807, 2.05) is 0 Å². The van der Waals surface area contributed by atoms with Crippen molar-refractivity contribution < 1.29 is 9.63 Å². The van der Waals surface area contributed by atoms with Crippen LogP contribution in [-0.2, 0) is 0 Å². The zero-order chi connectivity index (χ0) is 11.4. The predicted molar refractivity (Wildman–Crippen MR) is 59.0 cm³/mol. The topological polar surface area (TPSA) is 88.4 Å². The van der Waals surface area contributed by atoms with Crippen molar-refractivity contribution in [3.8, 4) is 0 Å². The van der Waals surface area contributed by atoms with Crippen molar-refractivity contribution in [3.63, 3.8) is 0 Å². The first-order valence-electron chi connectivity index (χ1n) is 5.78. The van der Waals surface area contributed by atoms with Crippen LogP contribution < -0.4 is 10.6 Å². The number of nitrogens with two attached hydrogens (primary N) is 1. The Labute approximate surface area is 94.4 Å². The van der Waals surface area contributed by atoms with E-state index in [0.717, 1.165) is 25.9 Å². The maximum Gasteiger partial charge on any atom is 0.266 e. The molecule has 6 heteroatoms. The summed E-state index contributed by atoms with van der Waals surface area (Å²) in [7, 11) is 0. The van der Waals surface area contributed by atoms with Crippen LogP contribution >= 0.6 is 0 Å². The highest BCUT2D eigenvalue weighted by Crippen LogP contribution is 2.18. The summed E-state index contributed by atoms with van der Waals surface area (Å²) in [5, 5.41) is 13.3. The molecule has 1 saturated heterocycles. The van der Waals surface area contributed by atoms with Crippen molar-refractivity contribution in [2.24, 2.45) is 5.73 Å².